The second-order valence-electron chi connectivity index (χ2n) is 10.0. The Kier molecular flexibility index (Phi) is 6.12. The molecule has 0 spiro atoms. The van der Waals surface area contributed by atoms with E-state index in [9.17, 15) is 13.6 Å². The van der Waals surface area contributed by atoms with Gasteiger partial charge >= 0.3 is 5.63 Å². The molecule has 3 aromatic carbocycles. The molecule has 1 saturated carbocycles. The number of halogens is 2. The number of hydrogen-bond donors (Lipinski definition) is 0. The van der Waals surface area contributed by atoms with E-state index in [2.05, 4.69) is 11.1 Å². The summed E-state index contributed by atoms with van der Waals surface area (Å²) in [5.41, 5.74) is 4.48. The van der Waals surface area contributed by atoms with Crippen LogP contribution in [-0.2, 0) is 0 Å². The number of benzene rings is 3. The number of hydrogen-bond acceptors (Lipinski definition) is 6. The largest absolute Gasteiger partial charge is 0.422 e. The third kappa shape index (κ3) is 4.44. The van der Waals surface area contributed by atoms with Crippen LogP contribution in [0.1, 0.15) is 36.4 Å². The highest BCUT2D eigenvalue weighted by Gasteiger charge is 2.43. The molecule has 2 atom stereocenters. The van der Waals surface area contributed by atoms with E-state index in [1.165, 1.54) is 35.6 Å². The van der Waals surface area contributed by atoms with Crippen LogP contribution in [0.15, 0.2) is 105 Å². The molecule has 0 N–H and O–H groups in total. The minimum atomic E-state index is -0.421. The van der Waals surface area contributed by atoms with Gasteiger partial charge in [-0.25, -0.2) is 23.6 Å². The molecule has 0 unspecified atom stereocenters. The number of nitrogens with zero attached hydrogens (tertiary/aromatic N) is 3. The van der Waals surface area contributed by atoms with E-state index in [1.807, 2.05) is 29.3 Å². The van der Waals surface area contributed by atoms with Gasteiger partial charge in [-0.15, -0.1) is 0 Å². The van der Waals surface area contributed by atoms with E-state index in [1.54, 1.807) is 36.5 Å². The monoisotopic (exact) mass is 551 g/mol. The van der Waals surface area contributed by atoms with Crippen molar-refractivity contribution in [3.63, 3.8) is 0 Å². The Labute approximate surface area is 232 Å². The molecular formula is C32H23F2N3O2S. The SMILES string of the molecule is O=c1oc2ccccc2cc1-c1cnc(N2N=C3/C(=C\c4ccc(F)cc4)CCC[C@@H]3[C@@H]2c2ccc(F)cc2)s1. The van der Waals surface area contributed by atoms with Crippen LogP contribution < -0.4 is 10.6 Å². The molecule has 8 heteroatoms. The standard InChI is InChI=1S/C32H23F2N3O2S/c33-23-12-8-19(9-13-23)16-22-5-3-6-25-29(22)36-37(30(25)20-10-14-24(34)15-11-20)32-35-18-28(40-32)26-17-21-4-1-2-7-27(21)39-31(26)38/h1-2,4,7-18,25,30H,3,5-6H2/b22-16-/t25-,30-/m0/s1. The summed E-state index contributed by atoms with van der Waals surface area (Å²) in [5.74, 6) is -0.497. The average Bonchev–Trinajstić information content (AvgIpc) is 3.60. The van der Waals surface area contributed by atoms with E-state index in [0.717, 1.165) is 47.1 Å². The minimum absolute atomic E-state index is 0.0731. The molecule has 1 fully saturated rings. The molecule has 1 aliphatic heterocycles. The Hall–Kier alpha value is -4.43. The normalized spacial score (nSPS) is 19.7. The van der Waals surface area contributed by atoms with Crippen LogP contribution >= 0.6 is 11.3 Å². The number of hydrazone groups is 1. The number of para-hydroxylation sites is 1. The van der Waals surface area contributed by atoms with Gasteiger partial charge in [-0.1, -0.05) is 53.8 Å². The van der Waals surface area contributed by atoms with Gasteiger partial charge in [-0.3, -0.25) is 0 Å². The highest BCUT2D eigenvalue weighted by atomic mass is 32.1. The van der Waals surface area contributed by atoms with Crippen molar-refractivity contribution in [2.75, 3.05) is 5.01 Å². The van der Waals surface area contributed by atoms with Gasteiger partial charge in [0.25, 0.3) is 0 Å². The van der Waals surface area contributed by atoms with Crippen LogP contribution in [0, 0.1) is 17.6 Å². The van der Waals surface area contributed by atoms with Crippen molar-refractivity contribution in [3.8, 4) is 10.4 Å². The van der Waals surface area contributed by atoms with E-state index in [4.69, 9.17) is 9.52 Å². The highest BCUT2D eigenvalue weighted by molar-refractivity contribution is 7.18. The van der Waals surface area contributed by atoms with Crippen LogP contribution in [0.5, 0.6) is 0 Å². The van der Waals surface area contributed by atoms with E-state index in [0.29, 0.717) is 21.2 Å². The summed E-state index contributed by atoms with van der Waals surface area (Å²) in [6.07, 6.45) is 6.51. The van der Waals surface area contributed by atoms with Crippen molar-refractivity contribution < 1.29 is 13.2 Å². The lowest BCUT2D eigenvalue weighted by molar-refractivity contribution is 0.486. The van der Waals surface area contributed by atoms with Crippen molar-refractivity contribution in [1.29, 1.82) is 0 Å². The van der Waals surface area contributed by atoms with Gasteiger partial charge in [-0.2, -0.15) is 5.10 Å². The summed E-state index contributed by atoms with van der Waals surface area (Å²) in [7, 11) is 0. The minimum Gasteiger partial charge on any atom is -0.422 e. The number of thiazole rings is 1. The van der Waals surface area contributed by atoms with Gasteiger partial charge in [0.1, 0.15) is 17.2 Å². The quantitative estimate of drug-likeness (QED) is 0.212. The predicted molar refractivity (Wildman–Crippen MR) is 154 cm³/mol. The van der Waals surface area contributed by atoms with E-state index < -0.39 is 5.63 Å². The Bertz CT molecular complexity index is 1840. The molecule has 2 aliphatic rings. The zero-order valence-electron chi connectivity index (χ0n) is 21.3. The maximum atomic E-state index is 13.9. The topological polar surface area (TPSA) is 58.7 Å². The van der Waals surface area contributed by atoms with Crippen molar-refractivity contribution >= 4 is 39.2 Å². The Morgan fingerprint density at radius 3 is 2.52 bits per heavy atom. The Morgan fingerprint density at radius 2 is 1.73 bits per heavy atom. The zero-order valence-corrected chi connectivity index (χ0v) is 22.1. The number of fused-ring (bicyclic) bond motifs is 2. The summed E-state index contributed by atoms with van der Waals surface area (Å²) in [6.45, 7) is 0. The third-order valence-electron chi connectivity index (χ3n) is 7.52. The Morgan fingerprint density at radius 1 is 0.975 bits per heavy atom. The molecule has 0 amide bonds. The van der Waals surface area contributed by atoms with Crippen LogP contribution in [-0.4, -0.2) is 10.7 Å². The Balaban J connectivity index is 1.31. The van der Waals surface area contributed by atoms with Gasteiger partial charge < -0.3 is 4.42 Å². The molecule has 3 heterocycles. The second-order valence-corrected chi connectivity index (χ2v) is 11.0. The number of aromatic nitrogens is 1. The number of allylic oxidation sites excluding steroid dienone is 1. The van der Waals surface area contributed by atoms with Gasteiger partial charge in [0.15, 0.2) is 0 Å². The summed E-state index contributed by atoms with van der Waals surface area (Å²) in [6, 6.07) is 22.0. The molecule has 2 aromatic heterocycles. The summed E-state index contributed by atoms with van der Waals surface area (Å²) < 4.78 is 32.9. The lowest BCUT2D eigenvalue weighted by Crippen LogP contribution is -2.28. The molecule has 40 heavy (non-hydrogen) atoms. The third-order valence-corrected chi connectivity index (χ3v) is 8.54. The number of anilines is 1. The van der Waals surface area contributed by atoms with Gasteiger partial charge in [0.2, 0.25) is 5.13 Å². The lowest BCUT2D eigenvalue weighted by atomic mass is 9.77. The fourth-order valence-corrected chi connectivity index (χ4v) is 6.55. The summed E-state index contributed by atoms with van der Waals surface area (Å²) >= 11 is 1.37. The average molecular weight is 552 g/mol. The van der Waals surface area contributed by atoms with Crippen molar-refractivity contribution in [2.24, 2.45) is 11.0 Å². The van der Waals surface area contributed by atoms with Gasteiger partial charge in [0, 0.05) is 17.5 Å². The fraction of sp³-hybridized carbons (Fsp3) is 0.156. The predicted octanol–water partition coefficient (Wildman–Crippen LogP) is 8.00. The first kappa shape index (κ1) is 24.6. The summed E-state index contributed by atoms with van der Waals surface area (Å²) in [5, 5.41) is 8.48. The molecule has 198 valence electrons. The molecule has 0 saturated heterocycles. The maximum Gasteiger partial charge on any atom is 0.345 e. The van der Waals surface area contributed by atoms with Crippen LogP contribution in [0.25, 0.3) is 27.5 Å². The highest BCUT2D eigenvalue weighted by Crippen LogP contribution is 2.47. The molecule has 7 rings (SSSR count). The van der Waals surface area contributed by atoms with Crippen molar-refractivity contribution in [2.45, 2.75) is 25.3 Å². The first-order valence-corrected chi connectivity index (χ1v) is 13.9. The second kappa shape index (κ2) is 9.95. The van der Waals surface area contributed by atoms with Gasteiger partial charge in [-0.05, 0) is 78.4 Å². The molecule has 5 aromatic rings. The van der Waals surface area contributed by atoms with E-state index >= 15 is 0 Å². The molecule has 0 radical (unpaired) electrons. The van der Waals surface area contributed by atoms with Crippen molar-refractivity contribution in [1.82, 2.24) is 4.98 Å². The zero-order chi connectivity index (χ0) is 27.2. The molecule has 0 bridgehead atoms. The van der Waals surface area contributed by atoms with Crippen LogP contribution in [0.3, 0.4) is 0 Å². The molecular weight excluding hydrogens is 528 g/mol. The van der Waals surface area contributed by atoms with E-state index in [-0.39, 0.29) is 23.6 Å². The molecule has 5 nitrogen and oxygen atoms in total. The lowest BCUT2D eigenvalue weighted by Gasteiger charge is -2.29. The fourth-order valence-electron chi connectivity index (χ4n) is 5.64. The number of rotatable bonds is 4. The maximum absolute atomic E-state index is 13.9. The molecule has 1 aliphatic carbocycles. The summed E-state index contributed by atoms with van der Waals surface area (Å²) in [4.78, 5) is 18.2. The smallest absolute Gasteiger partial charge is 0.345 e. The van der Waals surface area contributed by atoms with Crippen LogP contribution in [0.4, 0.5) is 13.9 Å². The van der Waals surface area contributed by atoms with Gasteiger partial charge in [0.05, 0.1) is 22.2 Å². The first-order valence-electron chi connectivity index (χ1n) is 13.1. The first-order chi connectivity index (χ1) is 19.5. The van der Waals surface area contributed by atoms with Crippen molar-refractivity contribution in [3.05, 3.63) is 124 Å². The van der Waals surface area contributed by atoms with Crippen LogP contribution in [0.2, 0.25) is 0 Å².